The number of nitrogens with zero attached hydrogens (tertiary/aromatic N) is 2. The van der Waals surface area contributed by atoms with Gasteiger partial charge in [-0.15, -0.1) is 0 Å². The third-order valence-electron chi connectivity index (χ3n) is 0.942. The molecule has 6 nitrogen and oxygen atoms in total. The second-order valence-electron chi connectivity index (χ2n) is 2.00. The molecule has 0 bridgehead atoms. The molecule has 0 aliphatic carbocycles. The fourth-order valence-electron chi connectivity index (χ4n) is 0.508. The second-order valence-corrected chi connectivity index (χ2v) is 3.30. The van der Waals surface area contributed by atoms with Crippen LogP contribution in [0.15, 0.2) is 24.3 Å². The predicted octanol–water partition coefficient (Wildman–Crippen LogP) is 1.83. The zero-order chi connectivity index (χ0) is 11.2. The van der Waals surface area contributed by atoms with E-state index in [-0.39, 0.29) is 0 Å². The van der Waals surface area contributed by atoms with Crippen molar-refractivity contribution in [3.05, 3.63) is 34.3 Å². The number of benzene rings is 1. The van der Waals surface area contributed by atoms with E-state index in [0.717, 1.165) is 0 Å². The molecule has 0 unspecified atom stereocenters. The van der Waals surface area contributed by atoms with Crippen molar-refractivity contribution in [3.63, 3.8) is 0 Å². The van der Waals surface area contributed by atoms with Crippen molar-refractivity contribution >= 4 is 27.7 Å². The number of diazo groups is 1. The van der Waals surface area contributed by atoms with Gasteiger partial charge in [-0.25, -0.2) is 8.42 Å². The Morgan fingerprint density at radius 1 is 1.36 bits per heavy atom. The minimum Gasteiger partial charge on any atom is -0.726 e. The van der Waals surface area contributed by atoms with Crippen LogP contribution in [0.4, 0.5) is 5.69 Å². The van der Waals surface area contributed by atoms with Crippen LogP contribution in [-0.2, 0) is 10.4 Å². The molecule has 0 fully saturated rings. The van der Waals surface area contributed by atoms with E-state index in [0.29, 0.717) is 10.7 Å². The van der Waals surface area contributed by atoms with Gasteiger partial charge in [0.2, 0.25) is 15.8 Å². The molecule has 0 saturated heterocycles. The largest absolute Gasteiger partial charge is 0.726 e. The van der Waals surface area contributed by atoms with Crippen LogP contribution in [0.1, 0.15) is 0 Å². The third kappa shape index (κ3) is 8.89. The first-order valence-corrected chi connectivity index (χ1v) is 4.86. The molecule has 1 aromatic carbocycles. The van der Waals surface area contributed by atoms with E-state index < -0.39 is 10.4 Å². The molecule has 0 amide bonds. The van der Waals surface area contributed by atoms with Gasteiger partial charge in [0.15, 0.2) is 4.98 Å². The Hall–Kier alpha value is -1.20. The van der Waals surface area contributed by atoms with Crippen LogP contribution >= 0.6 is 11.6 Å². The molecule has 1 rings (SSSR count). The van der Waals surface area contributed by atoms with Crippen molar-refractivity contribution in [3.8, 4) is 0 Å². The van der Waals surface area contributed by atoms with Crippen molar-refractivity contribution in [2.75, 3.05) is 0 Å². The minimum absolute atomic E-state index is 0.513. The third-order valence-corrected chi connectivity index (χ3v) is 1.19. The quantitative estimate of drug-likeness (QED) is 0.420. The summed E-state index contributed by atoms with van der Waals surface area (Å²) in [5, 5.41) is 8.85. The van der Waals surface area contributed by atoms with Crippen molar-refractivity contribution < 1.29 is 17.5 Å². The van der Waals surface area contributed by atoms with Gasteiger partial charge in [-0.05, 0) is 12.1 Å². The van der Waals surface area contributed by atoms with Gasteiger partial charge in [-0.3, -0.25) is 4.55 Å². The van der Waals surface area contributed by atoms with E-state index in [1.165, 1.54) is 0 Å². The van der Waals surface area contributed by atoms with E-state index >= 15 is 0 Å². The Morgan fingerprint density at radius 3 is 2.00 bits per heavy atom. The highest BCUT2D eigenvalue weighted by molar-refractivity contribution is 7.79. The summed E-state index contributed by atoms with van der Waals surface area (Å²) in [6, 6.07) is 6.58. The van der Waals surface area contributed by atoms with Crippen LogP contribution in [0.5, 0.6) is 0 Å². The lowest BCUT2D eigenvalue weighted by molar-refractivity contribution is 0.366. The summed E-state index contributed by atoms with van der Waals surface area (Å²) in [6.45, 7) is 0. The van der Waals surface area contributed by atoms with E-state index in [4.69, 9.17) is 34.5 Å². The van der Waals surface area contributed by atoms with Crippen LogP contribution in [0.3, 0.4) is 0 Å². The first kappa shape index (κ1) is 12.8. The molecule has 0 aliphatic rings. The number of rotatable bonds is 0. The highest BCUT2D eigenvalue weighted by Crippen LogP contribution is 2.15. The van der Waals surface area contributed by atoms with Crippen LogP contribution in [0.25, 0.3) is 4.98 Å². The summed E-state index contributed by atoms with van der Waals surface area (Å²) in [4.78, 5) is 2.95. The van der Waals surface area contributed by atoms with Crippen molar-refractivity contribution in [1.82, 2.24) is 0 Å². The van der Waals surface area contributed by atoms with Crippen molar-refractivity contribution in [1.29, 1.82) is 5.39 Å². The van der Waals surface area contributed by atoms with Gasteiger partial charge in [-0.1, -0.05) is 11.6 Å². The molecule has 0 saturated carbocycles. The Morgan fingerprint density at radius 2 is 1.71 bits per heavy atom. The van der Waals surface area contributed by atoms with E-state index in [1.807, 2.05) is 0 Å². The monoisotopic (exact) mass is 236 g/mol. The first-order valence-electron chi connectivity index (χ1n) is 3.12. The van der Waals surface area contributed by atoms with Gasteiger partial charge in [0.05, 0.1) is 0 Å². The van der Waals surface area contributed by atoms with Crippen LogP contribution in [0.2, 0.25) is 5.02 Å². The molecule has 1 aromatic rings. The summed E-state index contributed by atoms with van der Waals surface area (Å²) in [5.41, 5.74) is 0.513. The van der Waals surface area contributed by atoms with Crippen LogP contribution in [0, 0.1) is 5.39 Å². The second kappa shape index (κ2) is 5.51. The average molecular weight is 237 g/mol. The molecular formula is C6H5ClN2O4S. The van der Waals surface area contributed by atoms with Gasteiger partial charge in [0, 0.05) is 17.2 Å². The highest BCUT2D eigenvalue weighted by Gasteiger charge is 1.99. The van der Waals surface area contributed by atoms with Crippen LogP contribution < -0.4 is 0 Å². The smallest absolute Gasteiger partial charge is 0.385 e. The fourth-order valence-corrected chi connectivity index (χ4v) is 0.634. The molecule has 76 valence electrons. The topological polar surface area (TPSA) is 106 Å². The lowest BCUT2D eigenvalue weighted by Gasteiger charge is -1.88. The molecule has 0 spiro atoms. The zero-order valence-electron chi connectivity index (χ0n) is 6.66. The van der Waals surface area contributed by atoms with Gasteiger partial charge in [0.1, 0.15) is 0 Å². The Labute approximate surface area is 85.3 Å². The fraction of sp³-hybridized carbons (Fsp3) is 0. The number of halogens is 1. The number of hydrogen-bond acceptors (Lipinski definition) is 4. The highest BCUT2D eigenvalue weighted by atomic mass is 35.5. The Bertz CT molecular complexity index is 414. The first-order chi connectivity index (χ1) is 6.33. The summed E-state index contributed by atoms with van der Waals surface area (Å²) in [5.74, 6) is 0. The maximum Gasteiger partial charge on any atom is 0.385 e. The SMILES string of the molecule is N#[N+]c1ccc(Cl)cc1.O=S(=O)([O-])O. The molecule has 0 aromatic heterocycles. The molecule has 14 heavy (non-hydrogen) atoms. The molecule has 0 heterocycles. The zero-order valence-corrected chi connectivity index (χ0v) is 8.23. The van der Waals surface area contributed by atoms with Crippen LogP contribution in [-0.4, -0.2) is 17.5 Å². The van der Waals surface area contributed by atoms with Gasteiger partial charge in [0.25, 0.3) is 0 Å². The Balaban J connectivity index is 0.000000292. The van der Waals surface area contributed by atoms with E-state index in [2.05, 4.69) is 4.98 Å². The maximum absolute atomic E-state index is 8.63. The lowest BCUT2D eigenvalue weighted by atomic mass is 10.3. The maximum atomic E-state index is 8.63. The molecular weight excluding hydrogens is 232 g/mol. The molecule has 0 aliphatic heterocycles. The summed E-state index contributed by atoms with van der Waals surface area (Å²) in [7, 11) is -4.92. The average Bonchev–Trinajstić information content (AvgIpc) is 2.03. The summed E-state index contributed by atoms with van der Waals surface area (Å²) in [6.07, 6.45) is 0. The Kier molecular flexibility index (Phi) is 5.04. The van der Waals surface area contributed by atoms with Gasteiger partial charge in [-0.2, -0.15) is 0 Å². The predicted molar refractivity (Wildman–Crippen MR) is 48.5 cm³/mol. The minimum atomic E-state index is -4.92. The molecule has 8 heteroatoms. The standard InChI is InChI=1S/C6H4ClN2.H2O4S/c7-5-1-3-6(9-8)4-2-5;1-5(2,3)4/h1-4H;(H2,1,2,3,4)/q+1;/p-1. The van der Waals surface area contributed by atoms with Crippen molar-refractivity contribution in [2.45, 2.75) is 0 Å². The van der Waals surface area contributed by atoms with Gasteiger partial charge >= 0.3 is 5.69 Å². The van der Waals surface area contributed by atoms with E-state index in [1.54, 1.807) is 24.3 Å². The van der Waals surface area contributed by atoms with Gasteiger partial charge < -0.3 is 4.55 Å². The molecule has 0 radical (unpaired) electrons. The van der Waals surface area contributed by atoms with E-state index in [9.17, 15) is 0 Å². The summed E-state index contributed by atoms with van der Waals surface area (Å²) >= 11 is 5.55. The lowest BCUT2D eigenvalue weighted by Crippen LogP contribution is -1.90. The number of hydrogen-bond donors (Lipinski definition) is 1. The summed E-state index contributed by atoms with van der Waals surface area (Å²) < 4.78 is 32.8. The molecule has 0 atom stereocenters. The normalized spacial score (nSPS) is 9.57. The van der Waals surface area contributed by atoms with Crippen molar-refractivity contribution in [2.24, 2.45) is 0 Å². The molecule has 1 N–H and O–H groups in total.